The highest BCUT2D eigenvalue weighted by Gasteiger charge is 2.51. The van der Waals surface area contributed by atoms with Gasteiger partial charge >= 0.3 is 5.76 Å². The molecule has 0 amide bonds. The van der Waals surface area contributed by atoms with Gasteiger partial charge in [-0.05, 0) is 62.1 Å². The summed E-state index contributed by atoms with van der Waals surface area (Å²) < 4.78 is 50.4. The number of nitrogen functional groups attached to an aromatic ring is 1. The van der Waals surface area contributed by atoms with Gasteiger partial charge in [0.15, 0.2) is 0 Å². The Bertz CT molecular complexity index is 1700. The minimum atomic E-state index is -2.66. The van der Waals surface area contributed by atoms with Crippen LogP contribution < -0.4 is 20.5 Å². The number of halogens is 3. The minimum Gasteiger partial charge on any atom is -0.484 e. The zero-order valence-electron chi connectivity index (χ0n) is 25.2. The van der Waals surface area contributed by atoms with Gasteiger partial charge in [0.05, 0.1) is 34.9 Å². The topological polar surface area (TPSA) is 117 Å². The van der Waals surface area contributed by atoms with E-state index >= 15 is 0 Å². The molecule has 9 nitrogen and oxygen atoms in total. The quantitative estimate of drug-likeness (QED) is 0.105. The highest BCUT2D eigenvalue weighted by atomic mass is 32.2. The Hall–Kier alpha value is -4.23. The number of aromatic nitrogens is 3. The van der Waals surface area contributed by atoms with Crippen LogP contribution in [0.3, 0.4) is 0 Å². The van der Waals surface area contributed by atoms with Crippen molar-refractivity contribution in [3.63, 3.8) is 0 Å². The number of alkyl halides is 2. The Labute approximate surface area is 264 Å². The minimum absolute atomic E-state index is 0.0703. The van der Waals surface area contributed by atoms with Crippen LogP contribution in [0.4, 0.5) is 30.4 Å². The molecule has 3 heterocycles. The van der Waals surface area contributed by atoms with Crippen LogP contribution >= 0.6 is 11.9 Å². The zero-order valence-corrected chi connectivity index (χ0v) is 26.0. The Morgan fingerprint density at radius 2 is 1.89 bits per heavy atom. The fourth-order valence-corrected chi connectivity index (χ4v) is 6.91. The van der Waals surface area contributed by atoms with Gasteiger partial charge in [-0.1, -0.05) is 18.2 Å². The number of pyridine rings is 1. The van der Waals surface area contributed by atoms with Gasteiger partial charge in [0.25, 0.3) is 0 Å². The smallest absolute Gasteiger partial charge is 0.302 e. The summed E-state index contributed by atoms with van der Waals surface area (Å²) in [6, 6.07) is 11.0. The molecule has 1 aliphatic carbocycles. The molecule has 45 heavy (non-hydrogen) atoms. The second kappa shape index (κ2) is 12.3. The fraction of sp³-hybridized carbons (Fsp3) is 0.344. The monoisotopic (exact) mass is 636 g/mol. The fourth-order valence-electron chi connectivity index (χ4n) is 6.52. The average molecular weight is 637 g/mol. The lowest BCUT2D eigenvalue weighted by atomic mass is 9.61. The van der Waals surface area contributed by atoms with Crippen LogP contribution in [0.25, 0.3) is 11.1 Å². The van der Waals surface area contributed by atoms with Crippen molar-refractivity contribution in [3.8, 4) is 16.9 Å². The molecule has 1 saturated carbocycles. The first-order valence-corrected chi connectivity index (χ1v) is 15.5. The molecule has 6 rings (SSSR count). The summed E-state index contributed by atoms with van der Waals surface area (Å²) >= 11 is 0.240. The molecule has 2 fully saturated rings. The van der Waals surface area contributed by atoms with E-state index in [0.717, 1.165) is 37.1 Å². The van der Waals surface area contributed by atoms with Gasteiger partial charge in [-0.2, -0.15) is 13.9 Å². The second-order valence-electron chi connectivity index (χ2n) is 11.9. The maximum atomic E-state index is 13.5. The largest absolute Gasteiger partial charge is 0.484 e. The molecule has 236 valence electrons. The van der Waals surface area contributed by atoms with Crippen LogP contribution in [0, 0.1) is 16.6 Å². The lowest BCUT2D eigenvalue weighted by Crippen LogP contribution is -2.60. The van der Waals surface area contributed by atoms with Crippen molar-refractivity contribution < 1.29 is 17.9 Å². The number of ether oxygens (including phenoxy) is 1. The maximum Gasteiger partial charge on any atom is 0.302 e. The van der Waals surface area contributed by atoms with Gasteiger partial charge in [0.2, 0.25) is 0 Å². The van der Waals surface area contributed by atoms with Gasteiger partial charge in [-0.25, -0.2) is 9.37 Å². The SMILES string of the molecule is CNc1c(-c2cnn(C3CC4(C3)CN(C)C4)c2)cnc(N)c1C(=N)c1ccc(NSC(F)F)c(OC(C)c2ccc(F)cc2)c1. The number of rotatable bonds is 11. The van der Waals surface area contributed by atoms with Gasteiger partial charge in [0.1, 0.15) is 23.5 Å². The number of nitrogens with zero attached hydrogens (tertiary/aromatic N) is 4. The summed E-state index contributed by atoms with van der Waals surface area (Å²) in [4.78, 5) is 6.77. The van der Waals surface area contributed by atoms with Gasteiger partial charge in [-0.3, -0.25) is 10.1 Å². The summed E-state index contributed by atoms with van der Waals surface area (Å²) in [5, 5.41) is 17.1. The molecule has 1 aliphatic heterocycles. The number of nitrogens with one attached hydrogen (secondary N) is 3. The molecule has 4 aromatic rings. The first kappa shape index (κ1) is 30.8. The van der Waals surface area contributed by atoms with E-state index in [4.69, 9.17) is 10.5 Å². The highest BCUT2D eigenvalue weighted by molar-refractivity contribution is 8.00. The van der Waals surface area contributed by atoms with Crippen molar-refractivity contribution in [1.29, 1.82) is 5.41 Å². The van der Waals surface area contributed by atoms with E-state index in [1.807, 2.05) is 17.1 Å². The summed E-state index contributed by atoms with van der Waals surface area (Å²) in [6.07, 6.45) is 7.18. The van der Waals surface area contributed by atoms with E-state index in [2.05, 4.69) is 32.1 Å². The first-order chi connectivity index (χ1) is 21.6. The molecule has 2 aromatic carbocycles. The lowest BCUT2D eigenvalue weighted by Gasteiger charge is -2.58. The van der Waals surface area contributed by atoms with Crippen molar-refractivity contribution in [2.45, 2.75) is 37.7 Å². The summed E-state index contributed by atoms with van der Waals surface area (Å²) in [6.45, 7) is 4.04. The standard InChI is InChI=1S/C32H35F3N8OS/c1-18(19-4-7-22(33)8-5-19)44-26-10-20(6-9-25(26)41-45-31(34)35)28(36)27-29(38-2)24(14-39-30(27)37)21-13-40-43(15-21)23-11-32(12-23)16-42(3)17-32/h4-10,13-15,18,23,31,36,41H,11-12,16-17H2,1-3H3,(H3,37,38,39). The van der Waals surface area contributed by atoms with E-state index in [0.29, 0.717) is 39.5 Å². The van der Waals surface area contributed by atoms with Crippen molar-refractivity contribution in [2.24, 2.45) is 5.41 Å². The molecule has 1 saturated heterocycles. The summed E-state index contributed by atoms with van der Waals surface area (Å²) in [5.74, 6) is -2.63. The van der Waals surface area contributed by atoms with Crippen molar-refractivity contribution >= 4 is 34.9 Å². The van der Waals surface area contributed by atoms with Crippen LogP contribution in [0.1, 0.15) is 48.6 Å². The second-order valence-corrected chi connectivity index (χ2v) is 12.7. The van der Waals surface area contributed by atoms with Gasteiger partial charge < -0.3 is 25.4 Å². The molecule has 13 heteroatoms. The molecule has 2 aliphatic rings. The average Bonchev–Trinajstić information content (AvgIpc) is 3.46. The van der Waals surface area contributed by atoms with Crippen LogP contribution in [0.2, 0.25) is 0 Å². The van der Waals surface area contributed by atoms with Crippen LogP contribution in [0.15, 0.2) is 61.1 Å². The van der Waals surface area contributed by atoms with E-state index < -0.39 is 11.9 Å². The molecular formula is C32H35F3N8OS. The molecule has 1 atom stereocenters. The van der Waals surface area contributed by atoms with E-state index in [9.17, 15) is 18.6 Å². The third-order valence-corrected chi connectivity index (χ3v) is 9.13. The number of likely N-dealkylation sites (tertiary alicyclic amines) is 1. The van der Waals surface area contributed by atoms with E-state index in [-0.39, 0.29) is 35.0 Å². The lowest BCUT2D eigenvalue weighted by molar-refractivity contribution is -0.0786. The third kappa shape index (κ3) is 6.19. The van der Waals surface area contributed by atoms with Crippen LogP contribution in [-0.2, 0) is 0 Å². The van der Waals surface area contributed by atoms with Crippen molar-refractivity contribution in [1.82, 2.24) is 19.7 Å². The van der Waals surface area contributed by atoms with Crippen molar-refractivity contribution in [3.05, 3.63) is 83.6 Å². The molecule has 5 N–H and O–H groups in total. The number of hydrogen-bond acceptors (Lipinski definition) is 9. The Balaban J connectivity index is 1.29. The molecule has 1 spiro atoms. The Morgan fingerprint density at radius 1 is 1.16 bits per heavy atom. The number of hydrogen-bond donors (Lipinski definition) is 4. The number of anilines is 3. The van der Waals surface area contributed by atoms with Crippen LogP contribution in [0.5, 0.6) is 5.75 Å². The Kier molecular flexibility index (Phi) is 8.40. The summed E-state index contributed by atoms with van der Waals surface area (Å²) in [5.41, 5.74) is 10.9. The molecular weight excluding hydrogens is 601 g/mol. The first-order valence-electron chi connectivity index (χ1n) is 14.6. The maximum absolute atomic E-state index is 13.5. The predicted molar refractivity (Wildman–Crippen MR) is 173 cm³/mol. The summed E-state index contributed by atoms with van der Waals surface area (Å²) in [7, 11) is 3.91. The third-order valence-electron chi connectivity index (χ3n) is 8.61. The van der Waals surface area contributed by atoms with Gasteiger partial charge in [0, 0.05) is 61.2 Å². The highest BCUT2D eigenvalue weighted by Crippen LogP contribution is 2.53. The van der Waals surface area contributed by atoms with Gasteiger partial charge in [-0.15, -0.1) is 0 Å². The van der Waals surface area contributed by atoms with Crippen molar-refractivity contribution in [2.75, 3.05) is 43.0 Å². The number of nitrogens with two attached hydrogens (primary N) is 1. The Morgan fingerprint density at radius 3 is 2.56 bits per heavy atom. The van der Waals surface area contributed by atoms with E-state index in [1.54, 1.807) is 50.5 Å². The molecule has 0 bridgehead atoms. The number of benzene rings is 2. The molecule has 0 radical (unpaired) electrons. The van der Waals surface area contributed by atoms with E-state index in [1.165, 1.54) is 12.1 Å². The predicted octanol–water partition coefficient (Wildman–Crippen LogP) is 6.81. The molecule has 1 unspecified atom stereocenters. The molecule has 2 aromatic heterocycles. The van der Waals surface area contributed by atoms with Crippen LogP contribution in [-0.4, -0.2) is 58.3 Å². The normalized spacial score (nSPS) is 16.7. The zero-order chi connectivity index (χ0) is 31.9.